The van der Waals surface area contributed by atoms with E-state index < -0.39 is 0 Å². The number of rotatable bonds is 3. The third-order valence-electron chi connectivity index (χ3n) is 5.01. The van der Waals surface area contributed by atoms with E-state index in [1.165, 1.54) is 61.8 Å². The first-order valence-electron chi connectivity index (χ1n) is 8.16. The molecule has 3 heteroatoms. The second-order valence-electron chi connectivity index (χ2n) is 6.70. The zero-order valence-corrected chi connectivity index (χ0v) is 12.5. The molecular weight excluding hydrogens is 258 g/mol. The van der Waals surface area contributed by atoms with Crippen LogP contribution in [0.4, 0.5) is 5.69 Å². The first kappa shape index (κ1) is 13.1. The fraction of sp³-hybridized carbons (Fsp3) is 0.500. The van der Waals surface area contributed by atoms with Crippen molar-refractivity contribution in [2.75, 3.05) is 25.4 Å². The molecule has 2 fully saturated rings. The molecule has 1 saturated carbocycles. The van der Waals surface area contributed by atoms with E-state index in [4.69, 9.17) is 10.7 Å². The summed E-state index contributed by atoms with van der Waals surface area (Å²) in [5, 5.41) is 2.51. The second kappa shape index (κ2) is 5.30. The summed E-state index contributed by atoms with van der Waals surface area (Å²) in [6, 6.07) is 8.26. The summed E-state index contributed by atoms with van der Waals surface area (Å²) >= 11 is 0. The monoisotopic (exact) mass is 281 g/mol. The molecule has 21 heavy (non-hydrogen) atoms. The standard InChI is InChI=1S/C18H23N3/c19-16-3-4-17-15(11-16)5-8-20-18(17)14-6-9-21(10-7-14)12-13-1-2-13/h3-5,8,11,13-14H,1-2,6-7,9-10,12,19H2. The van der Waals surface area contributed by atoms with Gasteiger partial charge < -0.3 is 10.6 Å². The summed E-state index contributed by atoms with van der Waals surface area (Å²) in [6.45, 7) is 3.79. The lowest BCUT2D eigenvalue weighted by molar-refractivity contribution is 0.204. The molecule has 110 valence electrons. The Bertz CT molecular complexity index is 640. The Morgan fingerprint density at radius 2 is 1.90 bits per heavy atom. The molecule has 0 amide bonds. The predicted molar refractivity (Wildman–Crippen MR) is 87.3 cm³/mol. The molecular formula is C18H23N3. The number of hydrogen-bond acceptors (Lipinski definition) is 3. The van der Waals surface area contributed by atoms with Crippen molar-refractivity contribution in [2.45, 2.75) is 31.6 Å². The van der Waals surface area contributed by atoms with Crippen molar-refractivity contribution >= 4 is 16.5 Å². The smallest absolute Gasteiger partial charge is 0.0513 e. The first-order chi connectivity index (χ1) is 10.3. The molecule has 1 aromatic carbocycles. The molecule has 2 N–H and O–H groups in total. The molecule has 4 rings (SSSR count). The van der Waals surface area contributed by atoms with Crippen molar-refractivity contribution in [3.05, 3.63) is 36.2 Å². The Labute approximate surface area is 126 Å². The van der Waals surface area contributed by atoms with Crippen LogP contribution in [0.1, 0.15) is 37.3 Å². The fourth-order valence-electron chi connectivity index (χ4n) is 3.60. The van der Waals surface area contributed by atoms with Crippen molar-refractivity contribution in [1.29, 1.82) is 0 Å². The van der Waals surface area contributed by atoms with E-state index in [2.05, 4.69) is 23.1 Å². The van der Waals surface area contributed by atoms with Crippen molar-refractivity contribution in [2.24, 2.45) is 5.92 Å². The zero-order valence-electron chi connectivity index (χ0n) is 12.5. The number of fused-ring (bicyclic) bond motifs is 1. The molecule has 1 aromatic heterocycles. The third kappa shape index (κ3) is 2.75. The van der Waals surface area contributed by atoms with E-state index in [-0.39, 0.29) is 0 Å². The van der Waals surface area contributed by atoms with Crippen molar-refractivity contribution in [3.63, 3.8) is 0 Å². The number of pyridine rings is 1. The number of nitrogen functional groups attached to an aromatic ring is 1. The third-order valence-corrected chi connectivity index (χ3v) is 5.01. The summed E-state index contributed by atoms with van der Waals surface area (Å²) in [6.07, 6.45) is 7.32. The fourth-order valence-corrected chi connectivity index (χ4v) is 3.60. The molecule has 1 saturated heterocycles. The Kier molecular flexibility index (Phi) is 3.30. The van der Waals surface area contributed by atoms with Gasteiger partial charge in [0.2, 0.25) is 0 Å². The Morgan fingerprint density at radius 3 is 2.67 bits per heavy atom. The molecule has 0 unspecified atom stereocenters. The van der Waals surface area contributed by atoms with Crippen LogP contribution < -0.4 is 5.73 Å². The zero-order chi connectivity index (χ0) is 14.2. The highest BCUT2D eigenvalue weighted by Crippen LogP contribution is 2.35. The highest BCUT2D eigenvalue weighted by atomic mass is 15.1. The van der Waals surface area contributed by atoms with Gasteiger partial charge in [0.05, 0.1) is 5.69 Å². The van der Waals surface area contributed by atoms with Crippen LogP contribution in [0, 0.1) is 5.92 Å². The molecule has 0 radical (unpaired) electrons. The molecule has 1 aliphatic heterocycles. The molecule has 0 bridgehead atoms. The number of hydrogen-bond donors (Lipinski definition) is 1. The van der Waals surface area contributed by atoms with Gasteiger partial charge in [-0.1, -0.05) is 6.07 Å². The maximum Gasteiger partial charge on any atom is 0.0513 e. The summed E-state index contributed by atoms with van der Waals surface area (Å²) in [7, 11) is 0. The highest BCUT2D eigenvalue weighted by Gasteiger charge is 2.28. The Balaban J connectivity index is 1.53. The molecule has 2 aliphatic rings. The maximum absolute atomic E-state index is 5.90. The number of piperidine rings is 1. The van der Waals surface area contributed by atoms with Crippen LogP contribution in [0.3, 0.4) is 0 Å². The van der Waals surface area contributed by atoms with Gasteiger partial charge in [-0.25, -0.2) is 0 Å². The quantitative estimate of drug-likeness (QED) is 0.877. The van der Waals surface area contributed by atoms with Crippen LogP contribution in [-0.2, 0) is 0 Å². The van der Waals surface area contributed by atoms with E-state index in [1.807, 2.05) is 12.3 Å². The van der Waals surface area contributed by atoms with Crippen LogP contribution >= 0.6 is 0 Å². The topological polar surface area (TPSA) is 42.1 Å². The molecule has 2 aromatic rings. The minimum absolute atomic E-state index is 0.604. The SMILES string of the molecule is Nc1ccc2c(C3CCN(CC4CC4)CC3)nccc2c1. The number of nitrogens with zero attached hydrogens (tertiary/aromatic N) is 2. The number of benzene rings is 1. The van der Waals surface area contributed by atoms with Crippen molar-refractivity contribution in [3.8, 4) is 0 Å². The average Bonchev–Trinajstić information content (AvgIpc) is 3.31. The van der Waals surface area contributed by atoms with Gasteiger partial charge in [-0.2, -0.15) is 0 Å². The normalized spacial score (nSPS) is 21.0. The molecule has 0 spiro atoms. The summed E-state index contributed by atoms with van der Waals surface area (Å²) in [5.41, 5.74) is 8.00. The van der Waals surface area contributed by atoms with Crippen LogP contribution in [0.25, 0.3) is 10.8 Å². The van der Waals surface area contributed by atoms with Gasteiger partial charge in [0.15, 0.2) is 0 Å². The predicted octanol–water partition coefficient (Wildman–Crippen LogP) is 3.41. The minimum atomic E-state index is 0.604. The van der Waals surface area contributed by atoms with Gasteiger partial charge in [0, 0.05) is 29.7 Å². The van der Waals surface area contributed by atoms with E-state index in [0.29, 0.717) is 5.92 Å². The minimum Gasteiger partial charge on any atom is -0.399 e. The number of anilines is 1. The summed E-state index contributed by atoms with van der Waals surface area (Å²) < 4.78 is 0. The van der Waals surface area contributed by atoms with Crippen LogP contribution in [0.15, 0.2) is 30.5 Å². The van der Waals surface area contributed by atoms with Crippen molar-refractivity contribution in [1.82, 2.24) is 9.88 Å². The van der Waals surface area contributed by atoms with Gasteiger partial charge in [0.25, 0.3) is 0 Å². The summed E-state index contributed by atoms with van der Waals surface area (Å²) in [5.74, 6) is 1.60. The van der Waals surface area contributed by atoms with Crippen LogP contribution in [0.2, 0.25) is 0 Å². The lowest BCUT2D eigenvalue weighted by atomic mass is 9.90. The molecule has 1 aliphatic carbocycles. The van der Waals surface area contributed by atoms with E-state index in [9.17, 15) is 0 Å². The first-order valence-corrected chi connectivity index (χ1v) is 8.16. The van der Waals surface area contributed by atoms with E-state index >= 15 is 0 Å². The molecule has 0 atom stereocenters. The van der Waals surface area contributed by atoms with Gasteiger partial charge in [-0.15, -0.1) is 0 Å². The lowest BCUT2D eigenvalue weighted by Gasteiger charge is -2.32. The summed E-state index contributed by atoms with van der Waals surface area (Å²) in [4.78, 5) is 7.35. The second-order valence-corrected chi connectivity index (χ2v) is 6.70. The van der Waals surface area contributed by atoms with Crippen molar-refractivity contribution < 1.29 is 0 Å². The van der Waals surface area contributed by atoms with Crippen LogP contribution in [0.5, 0.6) is 0 Å². The number of likely N-dealkylation sites (tertiary alicyclic amines) is 1. The van der Waals surface area contributed by atoms with E-state index in [1.54, 1.807) is 0 Å². The van der Waals surface area contributed by atoms with Gasteiger partial charge >= 0.3 is 0 Å². The van der Waals surface area contributed by atoms with Crippen LogP contribution in [-0.4, -0.2) is 29.5 Å². The largest absolute Gasteiger partial charge is 0.399 e. The average molecular weight is 281 g/mol. The van der Waals surface area contributed by atoms with Gasteiger partial charge in [-0.3, -0.25) is 4.98 Å². The van der Waals surface area contributed by atoms with Gasteiger partial charge in [0.1, 0.15) is 0 Å². The Morgan fingerprint density at radius 1 is 1.10 bits per heavy atom. The van der Waals surface area contributed by atoms with Gasteiger partial charge in [-0.05, 0) is 68.3 Å². The number of aromatic nitrogens is 1. The Hall–Kier alpha value is -1.61. The molecule has 2 heterocycles. The lowest BCUT2D eigenvalue weighted by Crippen LogP contribution is -2.34. The molecule has 3 nitrogen and oxygen atoms in total. The number of nitrogens with two attached hydrogens (primary N) is 1. The van der Waals surface area contributed by atoms with E-state index in [0.717, 1.165) is 11.6 Å². The highest BCUT2D eigenvalue weighted by molar-refractivity contribution is 5.87. The maximum atomic E-state index is 5.90.